The number of benzene rings is 5. The smallest absolute Gasteiger partial charge is 0.226 e. The molecule has 0 saturated carbocycles. The molecule has 50 heavy (non-hydrogen) atoms. The van der Waals surface area contributed by atoms with E-state index in [1.165, 1.54) is 5.56 Å². The molecule has 0 N–H and O–H groups in total. The first kappa shape index (κ1) is 32.6. The van der Waals surface area contributed by atoms with Gasteiger partial charge in [-0.3, -0.25) is 0 Å². The van der Waals surface area contributed by atoms with Crippen LogP contribution >= 0.6 is 0 Å². The van der Waals surface area contributed by atoms with Gasteiger partial charge in [-0.2, -0.15) is 0 Å². The number of anilines is 1. The Morgan fingerprint density at radius 2 is 1.14 bits per heavy atom. The number of nitrogens with zero attached hydrogens (tertiary/aromatic N) is 7. The normalized spacial score (nSPS) is 11.4. The van der Waals surface area contributed by atoms with Crippen molar-refractivity contribution < 1.29 is 0 Å². The van der Waals surface area contributed by atoms with E-state index in [9.17, 15) is 0 Å². The monoisotopic (exact) mass is 655 g/mol. The highest BCUT2D eigenvalue weighted by molar-refractivity contribution is 5.81. The van der Waals surface area contributed by atoms with Crippen LogP contribution < -0.4 is 4.90 Å². The van der Waals surface area contributed by atoms with Crippen LogP contribution in [0.2, 0.25) is 0 Å². The molecule has 0 spiro atoms. The molecule has 0 aliphatic heterocycles. The standard InChI is InChI=1S/C43H41N7/c1-4-5-29-49(42-44-32(2)30-33(3)45-42)31-34-25-27-35(28-26-34)39-23-15-16-24-40(39)41-46-47-48-50(41)43(36-17-9-6-10-18-36,37-19-11-7-12-20-37)38-21-13-8-14-22-38/h6-28,30H,4-5,29,31H2,1-3H3. The molecule has 0 atom stereocenters. The number of rotatable bonds is 12. The lowest BCUT2D eigenvalue weighted by Gasteiger charge is -2.36. The summed E-state index contributed by atoms with van der Waals surface area (Å²) < 4.78 is 2.00. The maximum absolute atomic E-state index is 4.78. The fourth-order valence-corrected chi connectivity index (χ4v) is 6.87. The molecule has 0 amide bonds. The van der Waals surface area contributed by atoms with E-state index in [-0.39, 0.29) is 0 Å². The summed E-state index contributed by atoms with van der Waals surface area (Å²) in [4.78, 5) is 11.8. The average Bonchev–Trinajstić information content (AvgIpc) is 3.65. The van der Waals surface area contributed by atoms with E-state index in [0.717, 1.165) is 76.6 Å². The molecule has 2 heterocycles. The second kappa shape index (κ2) is 14.7. The first-order valence-electron chi connectivity index (χ1n) is 17.3. The third-order valence-electron chi connectivity index (χ3n) is 9.20. The van der Waals surface area contributed by atoms with Gasteiger partial charge in [-0.05, 0) is 70.1 Å². The van der Waals surface area contributed by atoms with Gasteiger partial charge in [-0.1, -0.05) is 153 Å². The Balaban J connectivity index is 1.31. The highest BCUT2D eigenvalue weighted by Crippen LogP contribution is 2.43. The predicted molar refractivity (Wildman–Crippen MR) is 201 cm³/mol. The number of hydrogen-bond acceptors (Lipinski definition) is 6. The lowest BCUT2D eigenvalue weighted by atomic mass is 9.77. The highest BCUT2D eigenvalue weighted by atomic mass is 15.6. The summed E-state index contributed by atoms with van der Waals surface area (Å²) in [7, 11) is 0. The van der Waals surface area contributed by atoms with E-state index < -0.39 is 5.54 Å². The van der Waals surface area contributed by atoms with Crippen molar-refractivity contribution in [2.24, 2.45) is 0 Å². The number of aryl methyl sites for hydroxylation is 2. The third-order valence-corrected chi connectivity index (χ3v) is 9.20. The minimum atomic E-state index is -0.836. The first-order valence-corrected chi connectivity index (χ1v) is 17.3. The lowest BCUT2D eigenvalue weighted by Crippen LogP contribution is -2.39. The lowest BCUT2D eigenvalue weighted by molar-refractivity contribution is 0.451. The Bertz CT molecular complexity index is 2030. The Hall–Kier alpha value is -5.95. The van der Waals surface area contributed by atoms with Gasteiger partial charge in [-0.15, -0.1) is 5.10 Å². The quantitative estimate of drug-likeness (QED) is 0.122. The molecule has 0 fully saturated rings. The fraction of sp³-hybridized carbons (Fsp3) is 0.186. The van der Waals surface area contributed by atoms with Crippen LogP contribution in [0.25, 0.3) is 22.5 Å². The second-order valence-corrected chi connectivity index (χ2v) is 12.7. The van der Waals surface area contributed by atoms with Crippen LogP contribution in [-0.4, -0.2) is 36.7 Å². The molecular weight excluding hydrogens is 615 g/mol. The van der Waals surface area contributed by atoms with Crippen LogP contribution in [0, 0.1) is 13.8 Å². The van der Waals surface area contributed by atoms with Crippen molar-refractivity contribution in [3.05, 3.63) is 179 Å². The van der Waals surface area contributed by atoms with Gasteiger partial charge in [-0.25, -0.2) is 14.6 Å². The van der Waals surface area contributed by atoms with Crippen LogP contribution in [0.1, 0.15) is 53.4 Å². The van der Waals surface area contributed by atoms with Gasteiger partial charge in [0, 0.05) is 30.0 Å². The Kier molecular flexibility index (Phi) is 9.56. The van der Waals surface area contributed by atoms with Crippen molar-refractivity contribution in [1.29, 1.82) is 0 Å². The molecule has 7 heteroatoms. The number of hydrogen-bond donors (Lipinski definition) is 0. The summed E-state index contributed by atoms with van der Waals surface area (Å²) in [5.74, 6) is 1.47. The topological polar surface area (TPSA) is 72.6 Å². The minimum absolute atomic E-state index is 0.680. The molecule has 0 unspecified atom stereocenters. The molecule has 7 rings (SSSR count). The van der Waals surface area contributed by atoms with Crippen molar-refractivity contribution in [2.45, 2.75) is 45.7 Å². The van der Waals surface area contributed by atoms with Crippen LogP contribution in [0.5, 0.6) is 0 Å². The van der Waals surface area contributed by atoms with Gasteiger partial charge in [0.2, 0.25) is 5.95 Å². The summed E-state index contributed by atoms with van der Waals surface area (Å²) in [6, 6.07) is 50.7. The van der Waals surface area contributed by atoms with Crippen molar-refractivity contribution in [2.75, 3.05) is 11.4 Å². The van der Waals surface area contributed by atoms with Crippen molar-refractivity contribution in [3.63, 3.8) is 0 Å². The van der Waals surface area contributed by atoms with Crippen LogP contribution in [0.3, 0.4) is 0 Å². The van der Waals surface area contributed by atoms with E-state index in [2.05, 4.69) is 138 Å². The van der Waals surface area contributed by atoms with Crippen molar-refractivity contribution in [3.8, 4) is 22.5 Å². The van der Waals surface area contributed by atoms with Crippen molar-refractivity contribution in [1.82, 2.24) is 30.2 Å². The van der Waals surface area contributed by atoms with E-state index in [4.69, 9.17) is 20.3 Å². The summed E-state index contributed by atoms with van der Waals surface area (Å²) in [6.45, 7) is 7.91. The molecule has 5 aromatic carbocycles. The molecule has 7 aromatic rings. The maximum Gasteiger partial charge on any atom is 0.226 e. The zero-order chi connectivity index (χ0) is 34.3. The Morgan fingerprint density at radius 1 is 0.620 bits per heavy atom. The average molecular weight is 656 g/mol. The van der Waals surface area contributed by atoms with E-state index in [1.54, 1.807) is 0 Å². The van der Waals surface area contributed by atoms with Crippen LogP contribution in [0.15, 0.2) is 146 Å². The van der Waals surface area contributed by atoms with Crippen LogP contribution in [-0.2, 0) is 12.1 Å². The number of unbranched alkanes of at least 4 members (excludes halogenated alkanes) is 1. The number of tetrazole rings is 1. The molecule has 0 saturated heterocycles. The van der Waals surface area contributed by atoms with E-state index >= 15 is 0 Å². The molecule has 2 aromatic heterocycles. The summed E-state index contributed by atoms with van der Waals surface area (Å²) in [5.41, 5.74) is 8.62. The zero-order valence-electron chi connectivity index (χ0n) is 28.8. The fourth-order valence-electron chi connectivity index (χ4n) is 6.87. The molecular formula is C43H41N7. The number of aromatic nitrogens is 6. The zero-order valence-corrected chi connectivity index (χ0v) is 28.8. The molecule has 0 bridgehead atoms. The second-order valence-electron chi connectivity index (χ2n) is 12.7. The predicted octanol–water partition coefficient (Wildman–Crippen LogP) is 9.06. The molecule has 248 valence electrons. The minimum Gasteiger partial charge on any atom is -0.336 e. The van der Waals surface area contributed by atoms with Gasteiger partial charge >= 0.3 is 0 Å². The summed E-state index contributed by atoms with van der Waals surface area (Å²) in [6.07, 6.45) is 2.18. The van der Waals surface area contributed by atoms with Gasteiger partial charge in [0.1, 0.15) is 5.54 Å². The van der Waals surface area contributed by atoms with E-state index in [0.29, 0.717) is 5.82 Å². The van der Waals surface area contributed by atoms with Gasteiger partial charge in [0.15, 0.2) is 5.82 Å². The van der Waals surface area contributed by atoms with Gasteiger partial charge in [0.05, 0.1) is 0 Å². The van der Waals surface area contributed by atoms with Crippen LogP contribution in [0.4, 0.5) is 5.95 Å². The summed E-state index contributed by atoms with van der Waals surface area (Å²) >= 11 is 0. The highest BCUT2D eigenvalue weighted by Gasteiger charge is 2.42. The maximum atomic E-state index is 4.78. The first-order chi connectivity index (χ1) is 24.6. The third kappa shape index (κ3) is 6.42. The molecule has 0 radical (unpaired) electrons. The Morgan fingerprint density at radius 3 is 1.68 bits per heavy atom. The largest absolute Gasteiger partial charge is 0.336 e. The molecule has 0 aliphatic carbocycles. The van der Waals surface area contributed by atoms with Crippen molar-refractivity contribution >= 4 is 5.95 Å². The Labute approximate surface area is 294 Å². The SMILES string of the molecule is CCCCN(Cc1ccc(-c2ccccc2-c2nnnn2C(c2ccccc2)(c2ccccc2)c2ccccc2)cc1)c1nc(C)cc(C)n1. The molecule has 7 nitrogen and oxygen atoms in total. The van der Waals surface area contributed by atoms with Gasteiger partial charge < -0.3 is 4.90 Å². The van der Waals surface area contributed by atoms with Gasteiger partial charge in [0.25, 0.3) is 0 Å². The van der Waals surface area contributed by atoms with E-state index in [1.807, 2.05) is 42.8 Å². The molecule has 0 aliphatic rings. The summed E-state index contributed by atoms with van der Waals surface area (Å²) in [5, 5.41) is 13.8.